The van der Waals surface area contributed by atoms with Gasteiger partial charge in [-0.1, -0.05) is 28.9 Å². The van der Waals surface area contributed by atoms with Crippen molar-refractivity contribution in [3.8, 4) is 17.1 Å². The van der Waals surface area contributed by atoms with Gasteiger partial charge in [0.1, 0.15) is 18.1 Å². The van der Waals surface area contributed by atoms with Crippen LogP contribution in [0.5, 0.6) is 5.75 Å². The maximum atomic E-state index is 12.7. The first-order valence-electron chi connectivity index (χ1n) is 10.3. The molecule has 0 aliphatic carbocycles. The number of anilines is 1. The van der Waals surface area contributed by atoms with E-state index in [1.54, 1.807) is 29.2 Å². The zero-order valence-electron chi connectivity index (χ0n) is 17.8. The number of halogens is 2. The minimum Gasteiger partial charge on any atom is -0.485 e. The number of nitrogens with two attached hydrogens (primary N) is 1. The van der Waals surface area contributed by atoms with Crippen molar-refractivity contribution >= 4 is 41.6 Å². The van der Waals surface area contributed by atoms with Crippen LogP contribution in [-0.2, 0) is 11.4 Å². The summed E-state index contributed by atoms with van der Waals surface area (Å²) in [5.74, 6) is 1.04. The van der Waals surface area contributed by atoms with Crippen molar-refractivity contribution in [2.75, 3.05) is 18.4 Å². The Kier molecular flexibility index (Phi) is 8.19. The number of nitrogens with zero attached hydrogens (tertiary/aromatic N) is 2. The van der Waals surface area contributed by atoms with E-state index in [4.69, 9.17) is 32.0 Å². The highest BCUT2D eigenvalue weighted by atomic mass is 35.5. The predicted octanol–water partition coefficient (Wildman–Crippen LogP) is 4.54. The summed E-state index contributed by atoms with van der Waals surface area (Å²) in [4.78, 5) is 14.5. The molecular weight excluding hydrogens is 465 g/mol. The number of piperidine rings is 1. The maximum absolute atomic E-state index is 12.7. The van der Waals surface area contributed by atoms with Crippen molar-refractivity contribution in [3.63, 3.8) is 0 Å². The molecule has 174 valence electrons. The molecule has 0 atom stereocenters. The van der Waals surface area contributed by atoms with Gasteiger partial charge in [-0.25, -0.2) is 0 Å². The van der Waals surface area contributed by atoms with Crippen LogP contribution in [0.25, 0.3) is 11.3 Å². The number of rotatable bonds is 6. The van der Waals surface area contributed by atoms with Gasteiger partial charge in [0.2, 0.25) is 5.91 Å². The largest absolute Gasteiger partial charge is 0.485 e. The highest BCUT2D eigenvalue weighted by molar-refractivity contribution is 6.30. The Morgan fingerprint density at radius 1 is 1.21 bits per heavy atom. The van der Waals surface area contributed by atoms with E-state index in [-0.39, 0.29) is 36.8 Å². The minimum atomic E-state index is -0.129. The molecule has 0 saturated carbocycles. The Balaban J connectivity index is 0.00000306. The molecule has 2 aromatic carbocycles. The second kappa shape index (κ2) is 11.1. The number of guanidine groups is 1. The number of hydrogen-bond acceptors (Lipinski definition) is 5. The van der Waals surface area contributed by atoms with Crippen molar-refractivity contribution in [2.45, 2.75) is 19.4 Å². The molecule has 0 radical (unpaired) electrons. The number of hydrogen-bond donors (Lipinski definition) is 3. The third-order valence-corrected chi connectivity index (χ3v) is 5.67. The monoisotopic (exact) mass is 489 g/mol. The van der Waals surface area contributed by atoms with Crippen LogP contribution in [-0.4, -0.2) is 35.0 Å². The highest BCUT2D eigenvalue weighted by Crippen LogP contribution is 2.28. The van der Waals surface area contributed by atoms with E-state index in [9.17, 15) is 4.79 Å². The zero-order chi connectivity index (χ0) is 22.5. The average Bonchev–Trinajstić information content (AvgIpc) is 3.28. The molecule has 0 bridgehead atoms. The summed E-state index contributed by atoms with van der Waals surface area (Å²) >= 11 is 5.93. The fourth-order valence-electron chi connectivity index (χ4n) is 3.59. The van der Waals surface area contributed by atoms with Crippen LogP contribution in [0, 0.1) is 11.3 Å². The van der Waals surface area contributed by atoms with Gasteiger partial charge >= 0.3 is 0 Å². The van der Waals surface area contributed by atoms with E-state index in [1.807, 2.05) is 30.3 Å². The van der Waals surface area contributed by atoms with Crippen LogP contribution in [0.3, 0.4) is 0 Å². The van der Waals surface area contributed by atoms with Gasteiger partial charge in [0.25, 0.3) is 0 Å². The third-order valence-electron chi connectivity index (χ3n) is 5.41. The van der Waals surface area contributed by atoms with Gasteiger partial charge < -0.3 is 25.2 Å². The van der Waals surface area contributed by atoms with Gasteiger partial charge in [0, 0.05) is 35.7 Å². The lowest BCUT2D eigenvalue weighted by molar-refractivity contribution is -0.121. The molecule has 33 heavy (non-hydrogen) atoms. The molecule has 10 heteroatoms. The van der Waals surface area contributed by atoms with Crippen LogP contribution in [0.2, 0.25) is 5.02 Å². The lowest BCUT2D eigenvalue weighted by atomic mass is 9.96. The number of likely N-dealkylation sites (tertiary alicyclic amines) is 1. The van der Waals surface area contributed by atoms with E-state index >= 15 is 0 Å². The molecular formula is C23H25Cl2N5O3. The molecule has 4 N–H and O–H groups in total. The first-order valence-corrected chi connectivity index (χ1v) is 10.7. The van der Waals surface area contributed by atoms with Crippen molar-refractivity contribution < 1.29 is 14.1 Å². The second-order valence-corrected chi connectivity index (χ2v) is 8.05. The van der Waals surface area contributed by atoms with Gasteiger partial charge in [-0.2, -0.15) is 0 Å². The van der Waals surface area contributed by atoms with Crippen molar-refractivity contribution in [3.05, 3.63) is 65.3 Å². The molecule has 8 nitrogen and oxygen atoms in total. The third kappa shape index (κ3) is 6.18. The molecule has 1 fully saturated rings. The van der Waals surface area contributed by atoms with Crippen LogP contribution in [0.15, 0.2) is 59.1 Å². The summed E-state index contributed by atoms with van der Waals surface area (Å²) in [6.07, 6.45) is 1.31. The van der Waals surface area contributed by atoms with E-state index in [0.717, 1.165) is 5.56 Å². The summed E-state index contributed by atoms with van der Waals surface area (Å²) in [6, 6.07) is 16.4. The second-order valence-electron chi connectivity index (χ2n) is 7.61. The summed E-state index contributed by atoms with van der Waals surface area (Å²) in [6.45, 7) is 1.41. The fraction of sp³-hybridized carbons (Fsp3) is 0.261. The first kappa shape index (κ1) is 24.4. The molecule has 1 saturated heterocycles. The number of carbonyl (C=O) groups is 1. The van der Waals surface area contributed by atoms with Crippen LogP contribution in [0.4, 0.5) is 5.69 Å². The molecule has 0 unspecified atom stereocenters. The number of benzene rings is 2. The molecule has 2 heterocycles. The van der Waals surface area contributed by atoms with Gasteiger partial charge in [0.15, 0.2) is 11.7 Å². The number of para-hydroxylation sites is 2. The molecule has 1 aliphatic heterocycles. The standard InChI is InChI=1S/C23H24ClN5O3.ClH/c24-17-7-5-15(6-8-17)21-13-18(28-32-21)14-31-20-4-2-1-3-19(20)27-22(30)16-9-11-29(12-10-16)23(25)26;/h1-8,13,16H,9-12,14H2,(H3,25,26)(H,27,30);1H. The first-order chi connectivity index (χ1) is 15.5. The molecule has 1 amide bonds. The molecule has 1 aromatic heterocycles. The van der Waals surface area contributed by atoms with Crippen molar-refractivity contribution in [1.82, 2.24) is 10.1 Å². The SMILES string of the molecule is Cl.N=C(N)N1CCC(C(=O)Nc2ccccc2OCc2cc(-c3ccc(Cl)cc3)on2)CC1. The van der Waals surface area contributed by atoms with E-state index in [1.165, 1.54) is 0 Å². The molecule has 4 rings (SSSR count). The number of carbonyl (C=O) groups excluding carboxylic acids is 1. The van der Waals surface area contributed by atoms with E-state index < -0.39 is 0 Å². The quantitative estimate of drug-likeness (QED) is 0.345. The Hall–Kier alpha value is -3.23. The predicted molar refractivity (Wildman–Crippen MR) is 130 cm³/mol. The van der Waals surface area contributed by atoms with Gasteiger partial charge in [-0.15, -0.1) is 12.4 Å². The number of amides is 1. The zero-order valence-corrected chi connectivity index (χ0v) is 19.4. The lowest BCUT2D eigenvalue weighted by Gasteiger charge is -2.31. The fourth-order valence-corrected chi connectivity index (χ4v) is 3.72. The molecule has 1 aliphatic rings. The summed E-state index contributed by atoms with van der Waals surface area (Å²) in [7, 11) is 0. The lowest BCUT2D eigenvalue weighted by Crippen LogP contribution is -2.44. The van der Waals surface area contributed by atoms with Crippen LogP contribution in [0.1, 0.15) is 18.5 Å². The van der Waals surface area contributed by atoms with E-state index in [2.05, 4.69) is 10.5 Å². The van der Waals surface area contributed by atoms with E-state index in [0.29, 0.717) is 53.8 Å². The molecule has 0 spiro atoms. The number of aromatic nitrogens is 1. The Bertz CT molecular complexity index is 1100. The summed E-state index contributed by atoms with van der Waals surface area (Å²) in [5, 5.41) is 15.2. The average molecular weight is 490 g/mol. The van der Waals surface area contributed by atoms with Crippen molar-refractivity contribution in [2.24, 2.45) is 11.7 Å². The Morgan fingerprint density at radius 3 is 2.61 bits per heavy atom. The Labute approximate surface area is 202 Å². The number of nitrogens with one attached hydrogen (secondary N) is 2. The molecule has 3 aromatic rings. The van der Waals surface area contributed by atoms with Gasteiger partial charge in [-0.3, -0.25) is 10.2 Å². The summed E-state index contributed by atoms with van der Waals surface area (Å²) in [5.41, 5.74) is 7.64. The normalized spacial score (nSPS) is 13.8. The van der Waals surface area contributed by atoms with Crippen LogP contribution < -0.4 is 15.8 Å². The summed E-state index contributed by atoms with van der Waals surface area (Å²) < 4.78 is 11.3. The smallest absolute Gasteiger partial charge is 0.227 e. The van der Waals surface area contributed by atoms with Gasteiger partial charge in [0.05, 0.1) is 5.69 Å². The highest BCUT2D eigenvalue weighted by Gasteiger charge is 2.26. The van der Waals surface area contributed by atoms with Gasteiger partial charge in [-0.05, 0) is 49.2 Å². The minimum absolute atomic E-state index is 0. The number of ether oxygens (including phenoxy) is 1. The van der Waals surface area contributed by atoms with Crippen molar-refractivity contribution in [1.29, 1.82) is 5.41 Å². The maximum Gasteiger partial charge on any atom is 0.227 e. The topological polar surface area (TPSA) is 117 Å². The van der Waals surface area contributed by atoms with Crippen LogP contribution >= 0.6 is 24.0 Å². The Morgan fingerprint density at radius 2 is 1.91 bits per heavy atom.